The highest BCUT2D eigenvalue weighted by Gasteiger charge is 2.54. The van der Waals surface area contributed by atoms with Gasteiger partial charge in [-0.1, -0.05) is 78.4 Å². The first-order chi connectivity index (χ1) is 14.8. The molecule has 1 aliphatic carbocycles. The maximum absolute atomic E-state index is 13.8. The van der Waals surface area contributed by atoms with E-state index in [0.717, 1.165) is 21.0 Å². The van der Waals surface area contributed by atoms with Gasteiger partial charge in [-0.3, -0.25) is 0 Å². The molecule has 0 unspecified atom stereocenters. The Morgan fingerprint density at radius 2 is 1.32 bits per heavy atom. The van der Waals surface area contributed by atoms with Crippen molar-refractivity contribution in [3.63, 3.8) is 0 Å². The summed E-state index contributed by atoms with van der Waals surface area (Å²) in [7, 11) is -1.35. The molecule has 3 aromatic carbocycles. The van der Waals surface area contributed by atoms with E-state index in [0.29, 0.717) is 11.1 Å². The third-order valence-electron chi connectivity index (χ3n) is 5.78. The van der Waals surface area contributed by atoms with Crippen LogP contribution in [0.1, 0.15) is 27.8 Å². The highest BCUT2D eigenvalue weighted by Crippen LogP contribution is 2.45. The van der Waals surface area contributed by atoms with E-state index in [1.165, 1.54) is 14.2 Å². The highest BCUT2D eigenvalue weighted by molar-refractivity contribution is 7.89. The van der Waals surface area contributed by atoms with E-state index in [1.807, 2.05) is 43.3 Å². The fraction of sp³-hybridized carbons (Fsp3) is 0.160. The van der Waals surface area contributed by atoms with Gasteiger partial charge in [-0.25, -0.2) is 13.2 Å². The van der Waals surface area contributed by atoms with Crippen LogP contribution in [0.25, 0.3) is 12.2 Å². The molecule has 0 heterocycles. The lowest BCUT2D eigenvalue weighted by Gasteiger charge is -2.40. The Hall–Kier alpha value is -3.22. The number of methoxy groups -OCH3 is 1. The molecule has 0 N–H and O–H groups in total. The summed E-state index contributed by atoms with van der Waals surface area (Å²) in [5.74, 6) is -0.672. The number of hydrogen-bond acceptors (Lipinski definition) is 4. The smallest absolute Gasteiger partial charge is 0.336 e. The second-order valence-corrected chi connectivity index (χ2v) is 9.46. The number of aryl methyl sites for hydroxylation is 1. The summed E-state index contributed by atoms with van der Waals surface area (Å²) in [4.78, 5) is 13.7. The normalized spacial score (nSPS) is 14.5. The average Bonchev–Trinajstić information content (AvgIpc) is 2.93. The van der Waals surface area contributed by atoms with Crippen molar-refractivity contribution in [2.45, 2.75) is 17.4 Å². The molecule has 0 saturated carbocycles. The molecule has 0 amide bonds. The van der Waals surface area contributed by atoms with Gasteiger partial charge in [0, 0.05) is 7.05 Å². The summed E-state index contributed by atoms with van der Waals surface area (Å²) in [6.45, 7) is 1.89. The number of nitrogens with zero attached hydrogens (tertiary/aromatic N) is 1. The number of esters is 1. The monoisotopic (exact) mass is 433 g/mol. The van der Waals surface area contributed by atoms with E-state index >= 15 is 0 Å². The zero-order valence-electron chi connectivity index (χ0n) is 17.6. The van der Waals surface area contributed by atoms with Gasteiger partial charge in [0.05, 0.1) is 12.0 Å². The Morgan fingerprint density at radius 3 is 1.81 bits per heavy atom. The van der Waals surface area contributed by atoms with Gasteiger partial charge >= 0.3 is 5.97 Å². The lowest BCUT2D eigenvalue weighted by molar-refractivity contribution is -0.149. The van der Waals surface area contributed by atoms with E-state index in [-0.39, 0.29) is 4.90 Å². The molecule has 31 heavy (non-hydrogen) atoms. The molecule has 4 rings (SSSR count). The van der Waals surface area contributed by atoms with Crippen molar-refractivity contribution < 1.29 is 17.9 Å². The minimum atomic E-state index is -4.07. The summed E-state index contributed by atoms with van der Waals surface area (Å²) in [5.41, 5.74) is 1.82. The molecule has 158 valence electrons. The van der Waals surface area contributed by atoms with Gasteiger partial charge in [0.15, 0.2) is 5.54 Å². The number of benzene rings is 3. The van der Waals surface area contributed by atoms with E-state index in [4.69, 9.17) is 4.74 Å². The predicted octanol–water partition coefficient (Wildman–Crippen LogP) is 4.22. The van der Waals surface area contributed by atoms with Crippen LogP contribution in [0.15, 0.2) is 77.7 Å². The van der Waals surface area contributed by atoms with Gasteiger partial charge in [0.2, 0.25) is 10.0 Å². The Labute approximate surface area is 182 Å². The van der Waals surface area contributed by atoms with E-state index in [2.05, 4.69) is 0 Å². The quantitative estimate of drug-likeness (QED) is 0.578. The van der Waals surface area contributed by atoms with Crippen LogP contribution in [0.5, 0.6) is 0 Å². The number of hydrogen-bond donors (Lipinski definition) is 0. The van der Waals surface area contributed by atoms with Crippen LogP contribution in [0.3, 0.4) is 0 Å². The molecular formula is C25H23NO4S. The van der Waals surface area contributed by atoms with E-state index < -0.39 is 21.5 Å². The number of carbonyl (C=O) groups is 1. The molecule has 6 heteroatoms. The van der Waals surface area contributed by atoms with Crippen LogP contribution in [0, 0.1) is 6.92 Å². The molecular weight excluding hydrogens is 410 g/mol. The molecule has 0 radical (unpaired) electrons. The van der Waals surface area contributed by atoms with Crippen LogP contribution < -0.4 is 0 Å². The van der Waals surface area contributed by atoms with Crippen LogP contribution in [-0.2, 0) is 25.1 Å². The van der Waals surface area contributed by atoms with Crippen molar-refractivity contribution in [1.29, 1.82) is 0 Å². The number of carbonyl (C=O) groups excluding carboxylic acids is 1. The molecule has 0 spiro atoms. The zero-order valence-corrected chi connectivity index (χ0v) is 18.4. The largest absolute Gasteiger partial charge is 0.467 e. The van der Waals surface area contributed by atoms with Crippen molar-refractivity contribution in [3.05, 3.63) is 101 Å². The van der Waals surface area contributed by atoms with Crippen LogP contribution in [0.2, 0.25) is 0 Å². The molecule has 0 aromatic heterocycles. The molecule has 0 aliphatic heterocycles. The van der Waals surface area contributed by atoms with Gasteiger partial charge < -0.3 is 4.74 Å². The summed E-state index contributed by atoms with van der Waals surface area (Å²) >= 11 is 0. The van der Waals surface area contributed by atoms with Crippen molar-refractivity contribution >= 4 is 28.1 Å². The molecule has 0 saturated heterocycles. The third kappa shape index (κ3) is 3.19. The molecule has 0 atom stereocenters. The van der Waals surface area contributed by atoms with Gasteiger partial charge in [-0.15, -0.1) is 0 Å². The summed E-state index contributed by atoms with van der Waals surface area (Å²) in [6.07, 6.45) is 3.79. The van der Waals surface area contributed by atoms with Crippen molar-refractivity contribution in [2.24, 2.45) is 0 Å². The average molecular weight is 434 g/mol. The second kappa shape index (κ2) is 7.80. The fourth-order valence-electron chi connectivity index (χ4n) is 4.15. The van der Waals surface area contributed by atoms with Crippen LogP contribution >= 0.6 is 0 Å². The lowest BCUT2D eigenvalue weighted by atomic mass is 9.80. The van der Waals surface area contributed by atoms with Gasteiger partial charge in [0.1, 0.15) is 0 Å². The summed E-state index contributed by atoms with van der Waals surface area (Å²) in [6, 6.07) is 21.2. The topological polar surface area (TPSA) is 63.7 Å². The van der Waals surface area contributed by atoms with Gasteiger partial charge in [-0.2, -0.15) is 4.31 Å². The zero-order chi connectivity index (χ0) is 22.2. The predicted molar refractivity (Wildman–Crippen MR) is 121 cm³/mol. The molecule has 3 aromatic rings. The first-order valence-corrected chi connectivity index (χ1v) is 11.3. The summed E-state index contributed by atoms with van der Waals surface area (Å²) in [5, 5.41) is 0. The highest BCUT2D eigenvalue weighted by atomic mass is 32.2. The minimum absolute atomic E-state index is 0.107. The third-order valence-corrected chi connectivity index (χ3v) is 7.64. The van der Waals surface area contributed by atoms with Crippen molar-refractivity contribution in [1.82, 2.24) is 4.31 Å². The van der Waals surface area contributed by atoms with Crippen molar-refractivity contribution in [2.75, 3.05) is 14.2 Å². The molecule has 1 aliphatic rings. The van der Waals surface area contributed by atoms with Gasteiger partial charge in [0.25, 0.3) is 0 Å². The Bertz CT molecular complexity index is 1230. The Balaban J connectivity index is 2.09. The molecule has 0 fully saturated rings. The first-order valence-electron chi connectivity index (χ1n) is 9.84. The fourth-order valence-corrected chi connectivity index (χ4v) is 5.58. The van der Waals surface area contributed by atoms with Crippen LogP contribution in [0.4, 0.5) is 0 Å². The van der Waals surface area contributed by atoms with Gasteiger partial charge in [-0.05, 0) is 41.3 Å². The number of ether oxygens (including phenoxy) is 1. The number of sulfonamides is 1. The second-order valence-electron chi connectivity index (χ2n) is 7.50. The minimum Gasteiger partial charge on any atom is -0.467 e. The lowest BCUT2D eigenvalue weighted by Crippen LogP contribution is -2.54. The first kappa shape index (κ1) is 21.0. The molecule has 5 nitrogen and oxygen atoms in total. The molecule has 0 bridgehead atoms. The van der Waals surface area contributed by atoms with E-state index in [9.17, 15) is 13.2 Å². The Kier molecular flexibility index (Phi) is 5.29. The maximum atomic E-state index is 13.8. The van der Waals surface area contributed by atoms with E-state index in [1.54, 1.807) is 48.5 Å². The maximum Gasteiger partial charge on any atom is 0.336 e. The van der Waals surface area contributed by atoms with Crippen LogP contribution in [-0.4, -0.2) is 32.8 Å². The number of fused-ring (bicyclic) bond motifs is 2. The van der Waals surface area contributed by atoms with Crippen molar-refractivity contribution in [3.8, 4) is 0 Å². The SMILES string of the molecule is COC(=O)C1(N(C)S(=O)(=O)c2ccc(C)cc2)c2ccccc2C=Cc2ccccc21. The Morgan fingerprint density at radius 1 is 0.839 bits per heavy atom. The number of rotatable bonds is 4. The number of likely N-dealkylation sites (N-methyl/N-ethyl adjacent to an activating group) is 1. The standard InChI is InChI=1S/C25H23NO4S/c1-18-12-16-21(17-13-18)31(28,29)26(2)25(24(27)30-3)22-10-6-4-8-19(22)14-15-20-9-5-7-11-23(20)25/h4-17H,1-3H3. The summed E-state index contributed by atoms with van der Waals surface area (Å²) < 4.78 is 34.0.